The van der Waals surface area contributed by atoms with E-state index < -0.39 is 5.82 Å². The molecule has 3 aromatic rings. The summed E-state index contributed by atoms with van der Waals surface area (Å²) in [6, 6.07) is 1.78. The van der Waals surface area contributed by atoms with E-state index in [1.165, 1.54) is 37.3 Å². The summed E-state index contributed by atoms with van der Waals surface area (Å²) in [4.78, 5) is 39.9. The summed E-state index contributed by atoms with van der Waals surface area (Å²) >= 11 is 5.05. The second kappa shape index (κ2) is 14.3. The Morgan fingerprint density at radius 3 is 2.12 bits per heavy atom. The summed E-state index contributed by atoms with van der Waals surface area (Å²) in [6.07, 6.45) is 3.73. The number of esters is 2. The zero-order chi connectivity index (χ0) is 24.4. The lowest BCUT2D eigenvalue weighted by atomic mass is 10.1. The van der Waals surface area contributed by atoms with E-state index in [0.29, 0.717) is 16.7 Å². The lowest BCUT2D eigenvalue weighted by molar-refractivity contribution is -0.137. The van der Waals surface area contributed by atoms with E-state index in [1.54, 1.807) is 19.9 Å². The van der Waals surface area contributed by atoms with Gasteiger partial charge in [-0.05, 0) is 56.0 Å². The molecule has 180 valence electrons. The van der Waals surface area contributed by atoms with Crippen LogP contribution < -0.4 is 0 Å². The molecule has 0 aliphatic carbocycles. The number of hydrogen-bond acceptors (Lipinski definition) is 9. The molecule has 0 aromatic carbocycles. The highest BCUT2D eigenvalue weighted by Gasteiger charge is 2.13. The molecule has 3 aromatic heterocycles. The van der Waals surface area contributed by atoms with Crippen LogP contribution in [0.25, 0.3) is 10.2 Å². The molecule has 10 heteroatoms. The van der Waals surface area contributed by atoms with Crippen molar-refractivity contribution in [1.82, 2.24) is 9.97 Å². The van der Waals surface area contributed by atoms with E-state index >= 15 is 0 Å². The van der Waals surface area contributed by atoms with Gasteiger partial charge in [0.25, 0.3) is 0 Å². The number of carbonyl (C=O) groups is 3. The van der Waals surface area contributed by atoms with E-state index in [0.717, 1.165) is 21.3 Å². The second-order valence-electron chi connectivity index (χ2n) is 6.50. The molecule has 0 amide bonds. The van der Waals surface area contributed by atoms with Crippen molar-refractivity contribution >= 4 is 52.4 Å². The number of aldehydes is 1. The molecule has 7 nitrogen and oxygen atoms in total. The highest BCUT2D eigenvalue weighted by Crippen LogP contribution is 2.28. The number of pyridine rings is 2. The van der Waals surface area contributed by atoms with Crippen LogP contribution in [0.2, 0.25) is 0 Å². The van der Waals surface area contributed by atoms with Gasteiger partial charge in [-0.2, -0.15) is 12.6 Å². The molecule has 0 unspecified atom stereocenters. The van der Waals surface area contributed by atoms with Crippen LogP contribution in [0.4, 0.5) is 4.39 Å². The first-order valence-electron chi connectivity index (χ1n) is 9.29. The molecule has 3 rings (SSSR count). The first-order valence-corrected chi connectivity index (χ1v) is 10.7. The van der Waals surface area contributed by atoms with E-state index in [4.69, 9.17) is 0 Å². The molecule has 0 saturated carbocycles. The number of thiol groups is 1. The van der Waals surface area contributed by atoms with Crippen LogP contribution in [0, 0.1) is 33.5 Å². The Kier molecular flexibility index (Phi) is 13.1. The Bertz CT molecular complexity index is 1110. The Balaban J connectivity index is 0.000000504. The van der Waals surface area contributed by atoms with Gasteiger partial charge in [-0.25, -0.2) is 9.18 Å². The van der Waals surface area contributed by atoms with Crippen LogP contribution >= 0.6 is 24.0 Å². The van der Waals surface area contributed by atoms with Crippen molar-refractivity contribution in [1.29, 1.82) is 0 Å². The lowest BCUT2D eigenvalue weighted by Crippen LogP contribution is -1.99. The van der Waals surface area contributed by atoms with Gasteiger partial charge in [0.2, 0.25) is 0 Å². The third-order valence-electron chi connectivity index (χ3n) is 4.44. The van der Waals surface area contributed by atoms with Gasteiger partial charge in [-0.15, -0.1) is 11.3 Å². The van der Waals surface area contributed by atoms with Crippen molar-refractivity contribution in [2.24, 2.45) is 0 Å². The molecule has 0 fully saturated rings. The Hall–Kier alpha value is -2.85. The number of methoxy groups -OCH3 is 2. The fraction of sp³-hybridized carbons (Fsp3) is 0.348. The summed E-state index contributed by atoms with van der Waals surface area (Å²) in [5, 5.41) is 0. The number of rotatable bonds is 3. The number of halogens is 1. The molecule has 0 spiro atoms. The van der Waals surface area contributed by atoms with Gasteiger partial charge in [0.1, 0.15) is 10.6 Å². The molecule has 0 aliphatic rings. The third-order valence-corrected chi connectivity index (χ3v) is 5.92. The predicted molar refractivity (Wildman–Crippen MR) is 132 cm³/mol. The number of ether oxygens (including phenoxy) is 2. The van der Waals surface area contributed by atoms with Gasteiger partial charge < -0.3 is 9.47 Å². The molecule has 0 radical (unpaired) electrons. The van der Waals surface area contributed by atoms with E-state index in [9.17, 15) is 18.8 Å². The van der Waals surface area contributed by atoms with Crippen LogP contribution in [0.1, 0.15) is 49.8 Å². The Labute approximate surface area is 202 Å². The molecule has 0 atom stereocenters. The predicted octanol–water partition coefficient (Wildman–Crippen LogP) is 5.08. The fourth-order valence-corrected chi connectivity index (χ4v) is 3.44. The number of aryl methyl sites for hydroxylation is 3. The molecule has 0 N–H and O–H groups in total. The minimum absolute atomic E-state index is 0. The fourth-order valence-electron chi connectivity index (χ4n) is 2.22. The Morgan fingerprint density at radius 1 is 1.06 bits per heavy atom. The second-order valence-corrected chi connectivity index (χ2v) is 7.87. The monoisotopic (exact) mass is 496 g/mol. The smallest absolute Gasteiger partial charge is 0.348 e. The van der Waals surface area contributed by atoms with Gasteiger partial charge in [0.15, 0.2) is 12.1 Å². The molecule has 0 bridgehead atoms. The van der Waals surface area contributed by atoms with Crippen LogP contribution in [0.5, 0.6) is 0 Å². The summed E-state index contributed by atoms with van der Waals surface area (Å²) in [5.41, 5.74) is 4.31. The molecular weight excluding hydrogens is 467 g/mol. The van der Waals surface area contributed by atoms with Crippen LogP contribution in [-0.4, -0.2) is 48.2 Å². The number of fused-ring (bicyclic) bond motifs is 1. The maximum absolute atomic E-state index is 13.0. The average molecular weight is 497 g/mol. The van der Waals surface area contributed by atoms with Crippen molar-refractivity contribution in [2.45, 2.75) is 35.1 Å². The maximum Gasteiger partial charge on any atom is 0.348 e. The van der Waals surface area contributed by atoms with E-state index in [-0.39, 0.29) is 30.8 Å². The van der Waals surface area contributed by atoms with Gasteiger partial charge in [0, 0.05) is 12.4 Å². The average Bonchev–Trinajstić information content (AvgIpc) is 3.25. The minimum atomic E-state index is -0.514. The zero-order valence-corrected chi connectivity index (χ0v) is 20.4. The number of thiophene rings is 1. The maximum atomic E-state index is 13.0. The summed E-state index contributed by atoms with van der Waals surface area (Å²) in [5.74, 6) is -0.940. The van der Waals surface area contributed by atoms with Crippen LogP contribution in [0.3, 0.4) is 0 Å². The summed E-state index contributed by atoms with van der Waals surface area (Å²) in [6.45, 7) is 7.43. The van der Waals surface area contributed by atoms with Gasteiger partial charge >= 0.3 is 11.9 Å². The molecule has 0 aliphatic heterocycles. The lowest BCUT2D eigenvalue weighted by Gasteiger charge is -2.00. The van der Waals surface area contributed by atoms with E-state index in [2.05, 4.69) is 32.1 Å². The molecule has 0 saturated heterocycles. The quantitative estimate of drug-likeness (QED) is 0.307. The number of carbonyl (C=O) groups excluding carboxylic acids is 3. The van der Waals surface area contributed by atoms with Gasteiger partial charge in [-0.3, -0.25) is 19.6 Å². The van der Waals surface area contributed by atoms with Gasteiger partial charge in [-0.1, -0.05) is 7.43 Å². The largest absolute Gasteiger partial charge is 0.468 e. The normalized spacial score (nSPS) is 9.45. The van der Waals surface area contributed by atoms with Crippen molar-refractivity contribution < 1.29 is 28.2 Å². The highest BCUT2D eigenvalue weighted by molar-refractivity contribution is 7.81. The summed E-state index contributed by atoms with van der Waals surface area (Å²) < 4.78 is 22.9. The summed E-state index contributed by atoms with van der Waals surface area (Å²) in [7, 11) is 2.72. The Morgan fingerprint density at radius 2 is 1.64 bits per heavy atom. The number of nitrogens with zero attached hydrogens (tertiary/aromatic N) is 2. The minimum Gasteiger partial charge on any atom is -0.468 e. The van der Waals surface area contributed by atoms with Crippen molar-refractivity contribution in [2.75, 3.05) is 20.0 Å². The van der Waals surface area contributed by atoms with Crippen molar-refractivity contribution in [3.8, 4) is 0 Å². The number of hydrogen-bond donors (Lipinski definition) is 1. The van der Waals surface area contributed by atoms with Gasteiger partial charge in [0.05, 0.1) is 30.2 Å². The number of aromatic nitrogens is 2. The topological polar surface area (TPSA) is 95.5 Å². The molecule has 3 heterocycles. The first-order chi connectivity index (χ1) is 15.1. The third kappa shape index (κ3) is 8.21. The van der Waals surface area contributed by atoms with Crippen LogP contribution in [-0.2, 0) is 14.3 Å². The standard InChI is InChI=1S/C11H11NO2S.C8H8FNO.C3H6O2S.CH4/c1-6-5-12-8-4-9(11(13)14-3)15-10(8)7(6)2;1-5-3-10-7(4-11)8(9)6(5)2;1-5-3(4)2-6;/h4-5H,1-3H3;3-4H,1-2H3;6H,2H2,1H3;1H4. The molecule has 33 heavy (non-hydrogen) atoms. The van der Waals surface area contributed by atoms with Crippen LogP contribution in [0.15, 0.2) is 18.5 Å². The first kappa shape index (κ1) is 30.1. The highest BCUT2D eigenvalue weighted by atomic mass is 32.1. The van der Waals surface area contributed by atoms with Crippen molar-refractivity contribution in [3.05, 3.63) is 57.1 Å². The van der Waals surface area contributed by atoms with E-state index in [1.807, 2.05) is 20.0 Å². The SMILES string of the molecule is C.COC(=O)CS.COC(=O)c1cc2ncc(C)c(C)c2s1.Cc1cnc(C=O)c(F)c1C. The van der Waals surface area contributed by atoms with Crippen molar-refractivity contribution in [3.63, 3.8) is 0 Å². The zero-order valence-electron chi connectivity index (χ0n) is 18.7. The molecular formula is C23H29FN2O5S2.